The van der Waals surface area contributed by atoms with Crippen molar-refractivity contribution in [3.63, 3.8) is 0 Å². The first-order chi connectivity index (χ1) is 5.25. The largest absolute Gasteiger partial charge is 0.325 e. The van der Waals surface area contributed by atoms with Crippen molar-refractivity contribution in [3.8, 4) is 0 Å². The molecule has 5 heteroatoms. The van der Waals surface area contributed by atoms with Crippen LogP contribution in [0.5, 0.6) is 0 Å². The van der Waals surface area contributed by atoms with Gasteiger partial charge in [-0.05, 0) is 6.92 Å². The van der Waals surface area contributed by atoms with Crippen LogP contribution in [0.3, 0.4) is 0 Å². The van der Waals surface area contributed by atoms with Gasteiger partial charge in [-0.15, -0.1) is 0 Å². The van der Waals surface area contributed by atoms with Crippen LogP contribution < -0.4 is 5.32 Å². The number of halogens is 1. The number of aryl methyl sites for hydroxylation is 1. The summed E-state index contributed by atoms with van der Waals surface area (Å²) in [5, 5.41) is 2.66. The number of nitrogens with zero attached hydrogens (tertiary/aromatic N) is 2. The molecule has 0 aliphatic rings. The average Bonchev–Trinajstić information content (AvgIpc) is 1.97. The van der Waals surface area contributed by atoms with Crippen molar-refractivity contribution in [2.24, 2.45) is 0 Å². The van der Waals surface area contributed by atoms with Gasteiger partial charge in [0, 0.05) is 0 Å². The number of aromatic nitrogens is 2. The Balaban J connectivity index is 3.09. The topological polar surface area (TPSA) is 54.9 Å². The number of nitrogens with one attached hydrogen (secondary N) is 1. The van der Waals surface area contributed by atoms with E-state index in [9.17, 15) is 4.79 Å². The molecule has 0 radical (unpaired) electrons. The van der Waals surface area contributed by atoms with Crippen molar-refractivity contribution < 1.29 is 4.79 Å². The van der Waals surface area contributed by atoms with Crippen LogP contribution in [0.2, 0.25) is 5.15 Å². The maximum absolute atomic E-state index is 10.1. The molecule has 58 valence electrons. The van der Waals surface area contributed by atoms with E-state index < -0.39 is 0 Å². The van der Waals surface area contributed by atoms with Crippen molar-refractivity contribution in [2.75, 3.05) is 5.32 Å². The number of hydrogen-bond donors (Lipinski definition) is 1. The second-order valence-electron chi connectivity index (χ2n) is 1.89. The fraction of sp³-hybridized carbons (Fsp3) is 0.167. The molecule has 0 saturated heterocycles. The summed E-state index contributed by atoms with van der Waals surface area (Å²) < 4.78 is 0. The van der Waals surface area contributed by atoms with Gasteiger partial charge in [0.05, 0.1) is 11.4 Å². The molecule has 1 rings (SSSR count). The molecule has 1 N–H and O–H groups in total. The van der Waals surface area contributed by atoms with Crippen LogP contribution in [0.25, 0.3) is 0 Å². The zero-order chi connectivity index (χ0) is 8.27. The number of anilines is 1. The Morgan fingerprint density at radius 2 is 2.36 bits per heavy atom. The minimum atomic E-state index is 0.254. The van der Waals surface area contributed by atoms with Gasteiger partial charge in [0.2, 0.25) is 6.41 Å². The highest BCUT2D eigenvalue weighted by Gasteiger charge is 2.03. The molecular weight excluding hydrogens is 166 g/mol. The normalized spacial score (nSPS) is 9.27. The second kappa shape index (κ2) is 3.30. The Hall–Kier alpha value is -1.16. The molecule has 1 heterocycles. The highest BCUT2D eigenvalue weighted by atomic mass is 35.5. The summed E-state index contributed by atoms with van der Waals surface area (Å²) in [6.07, 6.45) is 1.88. The van der Waals surface area contributed by atoms with E-state index in [1.807, 2.05) is 0 Å². The van der Waals surface area contributed by atoms with Crippen molar-refractivity contribution in [1.82, 2.24) is 9.97 Å². The van der Waals surface area contributed by atoms with Crippen molar-refractivity contribution in [2.45, 2.75) is 6.92 Å². The quantitative estimate of drug-likeness (QED) is 0.534. The summed E-state index contributed by atoms with van der Waals surface area (Å²) >= 11 is 5.64. The summed E-state index contributed by atoms with van der Waals surface area (Å²) in [5.74, 6) is 0. The van der Waals surface area contributed by atoms with Gasteiger partial charge in [-0.2, -0.15) is 0 Å². The van der Waals surface area contributed by atoms with Crippen molar-refractivity contribution in [3.05, 3.63) is 17.2 Å². The van der Waals surface area contributed by atoms with E-state index in [0.717, 1.165) is 0 Å². The maximum atomic E-state index is 10.1. The van der Waals surface area contributed by atoms with Crippen LogP contribution in [0, 0.1) is 6.92 Å². The molecule has 0 aliphatic heterocycles. The van der Waals surface area contributed by atoms with E-state index in [1.54, 1.807) is 6.92 Å². The van der Waals surface area contributed by atoms with Gasteiger partial charge < -0.3 is 5.32 Å². The first kappa shape index (κ1) is 7.94. The number of hydrogen-bond acceptors (Lipinski definition) is 3. The minimum absolute atomic E-state index is 0.254. The second-order valence-corrected chi connectivity index (χ2v) is 2.25. The minimum Gasteiger partial charge on any atom is -0.325 e. The van der Waals surface area contributed by atoms with Crippen LogP contribution in [0.4, 0.5) is 5.69 Å². The third kappa shape index (κ3) is 1.65. The van der Waals surface area contributed by atoms with Gasteiger partial charge in [-0.25, -0.2) is 9.97 Å². The SMILES string of the molecule is Cc1ncnc(Cl)c1NC=O. The molecule has 0 saturated carbocycles. The number of rotatable bonds is 2. The first-order valence-corrected chi connectivity index (χ1v) is 3.30. The lowest BCUT2D eigenvalue weighted by molar-refractivity contribution is -0.105. The molecule has 0 bridgehead atoms. The molecule has 1 amide bonds. The summed E-state index contributed by atoms with van der Waals surface area (Å²) in [5.41, 5.74) is 1.11. The lowest BCUT2D eigenvalue weighted by Crippen LogP contribution is -2.00. The van der Waals surface area contributed by atoms with Crippen LogP contribution >= 0.6 is 11.6 Å². The monoisotopic (exact) mass is 171 g/mol. The Morgan fingerprint density at radius 3 is 2.91 bits per heavy atom. The third-order valence-electron chi connectivity index (χ3n) is 1.19. The number of carbonyl (C=O) groups excluding carboxylic acids is 1. The fourth-order valence-corrected chi connectivity index (χ4v) is 0.902. The smallest absolute Gasteiger partial charge is 0.211 e. The highest BCUT2D eigenvalue weighted by molar-refractivity contribution is 6.32. The Morgan fingerprint density at radius 1 is 1.64 bits per heavy atom. The van der Waals surface area contributed by atoms with Gasteiger partial charge in [-0.3, -0.25) is 4.79 Å². The maximum Gasteiger partial charge on any atom is 0.211 e. The fourth-order valence-electron chi connectivity index (χ4n) is 0.667. The molecule has 1 aromatic heterocycles. The lowest BCUT2D eigenvalue weighted by atomic mass is 10.4. The molecule has 0 unspecified atom stereocenters. The first-order valence-electron chi connectivity index (χ1n) is 2.93. The number of carbonyl (C=O) groups is 1. The van der Waals surface area contributed by atoms with Gasteiger partial charge in [0.1, 0.15) is 6.33 Å². The average molecular weight is 172 g/mol. The van der Waals surface area contributed by atoms with Gasteiger partial charge in [0.15, 0.2) is 5.15 Å². The van der Waals surface area contributed by atoms with E-state index in [1.165, 1.54) is 6.33 Å². The van der Waals surface area contributed by atoms with E-state index in [-0.39, 0.29) is 5.15 Å². The molecule has 11 heavy (non-hydrogen) atoms. The van der Waals surface area contributed by atoms with Crippen LogP contribution in [0.15, 0.2) is 6.33 Å². The Labute approximate surface area is 68.6 Å². The predicted octanol–water partition coefficient (Wildman–Crippen LogP) is 1.01. The van der Waals surface area contributed by atoms with Crippen LogP contribution in [-0.4, -0.2) is 16.4 Å². The van der Waals surface area contributed by atoms with Crippen molar-refractivity contribution in [1.29, 1.82) is 0 Å². The summed E-state index contributed by atoms with van der Waals surface area (Å²) in [6, 6.07) is 0. The molecular formula is C6H6ClN3O. The summed E-state index contributed by atoms with van der Waals surface area (Å²) in [4.78, 5) is 17.6. The molecule has 1 aromatic rings. The zero-order valence-electron chi connectivity index (χ0n) is 5.84. The predicted molar refractivity (Wildman–Crippen MR) is 41.5 cm³/mol. The van der Waals surface area contributed by atoms with E-state index in [2.05, 4.69) is 15.3 Å². The van der Waals surface area contributed by atoms with Crippen LogP contribution in [0.1, 0.15) is 5.69 Å². The van der Waals surface area contributed by atoms with Crippen LogP contribution in [-0.2, 0) is 4.79 Å². The standard InChI is InChI=1S/C6H6ClN3O/c1-4-5(10-3-11)6(7)9-2-8-4/h2-3H,1H3,(H,10,11). The Kier molecular flexibility index (Phi) is 2.38. The van der Waals surface area contributed by atoms with Gasteiger partial charge in [-0.1, -0.05) is 11.6 Å². The lowest BCUT2D eigenvalue weighted by Gasteiger charge is -2.02. The molecule has 0 fully saturated rings. The molecule has 0 spiro atoms. The molecule has 0 aliphatic carbocycles. The summed E-state index contributed by atoms with van der Waals surface area (Å²) in [6.45, 7) is 1.74. The molecule has 0 atom stereocenters. The van der Waals surface area contributed by atoms with Gasteiger partial charge >= 0.3 is 0 Å². The number of amides is 1. The third-order valence-corrected chi connectivity index (χ3v) is 1.48. The van der Waals surface area contributed by atoms with E-state index in [0.29, 0.717) is 17.8 Å². The summed E-state index contributed by atoms with van der Waals surface area (Å²) in [7, 11) is 0. The molecule has 0 aromatic carbocycles. The molecule has 4 nitrogen and oxygen atoms in total. The van der Waals surface area contributed by atoms with E-state index >= 15 is 0 Å². The van der Waals surface area contributed by atoms with Gasteiger partial charge in [0.25, 0.3) is 0 Å². The van der Waals surface area contributed by atoms with E-state index in [4.69, 9.17) is 11.6 Å². The Bertz CT molecular complexity index is 256. The highest BCUT2D eigenvalue weighted by Crippen LogP contribution is 2.19. The zero-order valence-corrected chi connectivity index (χ0v) is 6.59. The van der Waals surface area contributed by atoms with Crippen molar-refractivity contribution >= 4 is 23.7 Å².